The van der Waals surface area contributed by atoms with Crippen LogP contribution >= 0.6 is 22.6 Å². The highest BCUT2D eigenvalue weighted by Gasteiger charge is 2.37. The van der Waals surface area contributed by atoms with Crippen LogP contribution in [0.3, 0.4) is 0 Å². The van der Waals surface area contributed by atoms with Crippen LogP contribution in [0.5, 0.6) is 11.5 Å². The Labute approximate surface area is 237 Å². The lowest BCUT2D eigenvalue weighted by molar-refractivity contribution is -0.122. The summed E-state index contributed by atoms with van der Waals surface area (Å²) < 4.78 is 25.4. The largest absolute Gasteiger partial charge is 0.490 e. The number of anilines is 2. The number of benzene rings is 3. The number of carbonyl (C=O) groups is 4. The van der Waals surface area contributed by atoms with Gasteiger partial charge in [0.05, 0.1) is 15.9 Å². The number of carbonyl (C=O) groups excluding carboxylic acids is 4. The molecule has 4 rings (SSSR count). The van der Waals surface area contributed by atoms with Gasteiger partial charge in [-0.2, -0.15) is 0 Å². The van der Waals surface area contributed by atoms with Crippen LogP contribution in [0.2, 0.25) is 0 Å². The van der Waals surface area contributed by atoms with Gasteiger partial charge in [0.1, 0.15) is 11.4 Å². The van der Waals surface area contributed by atoms with Gasteiger partial charge in [-0.25, -0.2) is 14.1 Å². The van der Waals surface area contributed by atoms with Gasteiger partial charge in [-0.3, -0.25) is 19.7 Å². The van der Waals surface area contributed by atoms with Crippen molar-refractivity contribution in [3.05, 3.63) is 86.8 Å². The molecule has 1 aliphatic rings. The predicted molar refractivity (Wildman–Crippen MR) is 151 cm³/mol. The average molecular weight is 643 g/mol. The van der Waals surface area contributed by atoms with Crippen LogP contribution in [0, 0.1) is 16.3 Å². The molecule has 0 bridgehead atoms. The Morgan fingerprint density at radius 1 is 1.08 bits per heavy atom. The van der Waals surface area contributed by atoms with Crippen molar-refractivity contribution >= 4 is 63.8 Å². The van der Waals surface area contributed by atoms with E-state index in [-0.39, 0.29) is 30.4 Å². The summed E-state index contributed by atoms with van der Waals surface area (Å²) in [5, 5.41) is 4.90. The van der Waals surface area contributed by atoms with Crippen molar-refractivity contribution in [2.45, 2.75) is 13.8 Å². The Morgan fingerprint density at radius 3 is 2.51 bits per heavy atom. The molecule has 0 aromatic heterocycles. The minimum absolute atomic E-state index is 0.106. The van der Waals surface area contributed by atoms with Gasteiger partial charge in [0.2, 0.25) is 0 Å². The summed E-state index contributed by atoms with van der Waals surface area (Å²) in [6.07, 6.45) is 1.32. The monoisotopic (exact) mass is 643 g/mol. The van der Waals surface area contributed by atoms with Crippen molar-refractivity contribution in [2.75, 3.05) is 23.4 Å². The van der Waals surface area contributed by atoms with Crippen molar-refractivity contribution in [2.24, 2.45) is 0 Å². The van der Waals surface area contributed by atoms with E-state index >= 15 is 0 Å². The number of ether oxygens (including phenoxy) is 2. The zero-order valence-electron chi connectivity index (χ0n) is 20.9. The molecule has 1 aliphatic heterocycles. The van der Waals surface area contributed by atoms with Crippen LogP contribution in [0.15, 0.2) is 66.2 Å². The molecule has 39 heavy (non-hydrogen) atoms. The van der Waals surface area contributed by atoms with Crippen molar-refractivity contribution in [1.82, 2.24) is 5.32 Å². The molecule has 0 aliphatic carbocycles. The molecule has 1 fully saturated rings. The van der Waals surface area contributed by atoms with Gasteiger partial charge in [-0.05, 0) is 102 Å². The summed E-state index contributed by atoms with van der Waals surface area (Å²) in [5.74, 6) is -2.01. The van der Waals surface area contributed by atoms with Gasteiger partial charge in [-0.15, -0.1) is 0 Å². The minimum atomic E-state index is -0.939. The molecule has 0 atom stereocenters. The maximum absolute atomic E-state index is 13.3. The molecule has 1 saturated heterocycles. The zero-order chi connectivity index (χ0) is 28.1. The third-order valence-corrected chi connectivity index (χ3v) is 6.28. The van der Waals surface area contributed by atoms with E-state index in [0.29, 0.717) is 26.3 Å². The molecule has 1 heterocycles. The number of nitrogens with zero attached hydrogens (tertiary/aromatic N) is 1. The van der Waals surface area contributed by atoms with Crippen LogP contribution < -0.4 is 25.0 Å². The molecule has 2 N–H and O–H groups in total. The summed E-state index contributed by atoms with van der Waals surface area (Å²) in [6, 6.07) is 14.4. The van der Waals surface area contributed by atoms with Crippen molar-refractivity contribution in [1.29, 1.82) is 0 Å². The van der Waals surface area contributed by atoms with Crippen LogP contribution in [0.4, 0.5) is 20.6 Å². The zero-order valence-corrected chi connectivity index (χ0v) is 23.1. The highest BCUT2D eigenvalue weighted by Crippen LogP contribution is 2.35. The molecule has 9 nitrogen and oxygen atoms in total. The number of nitrogens with one attached hydrogen (secondary N) is 2. The van der Waals surface area contributed by atoms with Gasteiger partial charge in [0.25, 0.3) is 17.7 Å². The van der Waals surface area contributed by atoms with E-state index in [1.54, 1.807) is 25.1 Å². The first-order chi connectivity index (χ1) is 18.7. The Balaban J connectivity index is 1.58. The molecule has 3 aromatic carbocycles. The Kier molecular flexibility index (Phi) is 8.59. The molecule has 0 unspecified atom stereocenters. The van der Waals surface area contributed by atoms with Gasteiger partial charge >= 0.3 is 6.03 Å². The van der Waals surface area contributed by atoms with Crippen molar-refractivity contribution < 1.29 is 33.0 Å². The first-order valence-corrected chi connectivity index (χ1v) is 12.9. The number of imide groups is 2. The van der Waals surface area contributed by atoms with Crippen LogP contribution in [0.25, 0.3) is 6.08 Å². The second-order valence-corrected chi connectivity index (χ2v) is 9.57. The number of barbiturate groups is 1. The van der Waals surface area contributed by atoms with E-state index < -0.39 is 23.7 Å². The lowest BCUT2D eigenvalue weighted by Crippen LogP contribution is -2.54. The van der Waals surface area contributed by atoms with Gasteiger partial charge in [0, 0.05) is 5.69 Å². The summed E-state index contributed by atoms with van der Waals surface area (Å²) >= 11 is 2.00. The highest BCUT2D eigenvalue weighted by molar-refractivity contribution is 14.1. The van der Waals surface area contributed by atoms with Crippen molar-refractivity contribution in [3.63, 3.8) is 0 Å². The minimum Gasteiger partial charge on any atom is -0.490 e. The second kappa shape index (κ2) is 12.1. The van der Waals surface area contributed by atoms with Crippen LogP contribution in [-0.4, -0.2) is 37.0 Å². The third-order valence-electron chi connectivity index (χ3n) is 5.48. The van der Waals surface area contributed by atoms with Crippen LogP contribution in [0.1, 0.15) is 18.1 Å². The fourth-order valence-electron chi connectivity index (χ4n) is 3.78. The number of halogens is 2. The maximum Gasteiger partial charge on any atom is 0.335 e. The predicted octanol–water partition coefficient (Wildman–Crippen LogP) is 4.82. The second-order valence-electron chi connectivity index (χ2n) is 8.40. The summed E-state index contributed by atoms with van der Waals surface area (Å²) in [4.78, 5) is 51.3. The Morgan fingerprint density at radius 2 is 1.82 bits per heavy atom. The summed E-state index contributed by atoms with van der Waals surface area (Å²) in [7, 11) is 0. The fourth-order valence-corrected chi connectivity index (χ4v) is 4.56. The normalized spacial score (nSPS) is 14.3. The molecule has 11 heteroatoms. The van der Waals surface area contributed by atoms with E-state index in [2.05, 4.69) is 10.6 Å². The van der Waals surface area contributed by atoms with Gasteiger partial charge in [0.15, 0.2) is 18.1 Å². The smallest absolute Gasteiger partial charge is 0.335 e. The van der Waals surface area contributed by atoms with E-state index in [1.807, 2.05) is 47.7 Å². The number of rotatable bonds is 8. The first kappa shape index (κ1) is 27.8. The van der Waals surface area contributed by atoms with E-state index in [1.165, 1.54) is 18.2 Å². The van der Waals surface area contributed by atoms with Crippen LogP contribution in [-0.2, 0) is 14.4 Å². The fraction of sp³-hybridized carbons (Fsp3) is 0.143. The number of hydrogen-bond donors (Lipinski definition) is 2. The number of amides is 5. The average Bonchev–Trinajstić information content (AvgIpc) is 2.87. The molecular weight excluding hydrogens is 620 g/mol. The maximum atomic E-state index is 13.3. The topological polar surface area (TPSA) is 114 Å². The summed E-state index contributed by atoms with van der Waals surface area (Å²) in [5.41, 5.74) is 1.88. The lowest BCUT2D eigenvalue weighted by Gasteiger charge is -2.26. The highest BCUT2D eigenvalue weighted by atomic mass is 127. The lowest BCUT2D eigenvalue weighted by atomic mass is 10.1. The Hall–Kier alpha value is -4.26. The summed E-state index contributed by atoms with van der Waals surface area (Å²) in [6.45, 7) is 3.70. The van der Waals surface area contributed by atoms with Gasteiger partial charge in [-0.1, -0.05) is 12.1 Å². The van der Waals surface area contributed by atoms with E-state index in [0.717, 1.165) is 22.6 Å². The molecule has 3 aromatic rings. The number of urea groups is 1. The van der Waals surface area contributed by atoms with Gasteiger partial charge < -0.3 is 14.8 Å². The third kappa shape index (κ3) is 6.60. The SMILES string of the molecule is CCOc1cc(/C=C2\C(=O)NC(=O)N(c3ccc(F)cc3)C2=O)cc(I)c1OCC(=O)Nc1cccc(C)c1. The molecular formula is C28H23FIN3O6. The van der Waals surface area contributed by atoms with E-state index in [4.69, 9.17) is 9.47 Å². The number of aryl methyl sites for hydroxylation is 1. The van der Waals surface area contributed by atoms with E-state index in [9.17, 15) is 23.6 Å². The molecule has 0 spiro atoms. The quantitative estimate of drug-likeness (QED) is 0.207. The molecule has 5 amide bonds. The van der Waals surface area contributed by atoms with Crippen molar-refractivity contribution in [3.8, 4) is 11.5 Å². The first-order valence-electron chi connectivity index (χ1n) is 11.8. The number of hydrogen-bond acceptors (Lipinski definition) is 6. The molecule has 200 valence electrons. The molecule has 0 radical (unpaired) electrons. The Bertz CT molecular complexity index is 1490. The standard InChI is InChI=1S/C28H23FIN3O6/c1-3-38-23-14-17(13-22(30)25(23)39-15-24(34)31-19-6-4-5-16(2)11-19)12-21-26(35)32-28(37)33(27(21)36)20-9-7-18(29)8-10-20/h4-14H,3,15H2,1-2H3,(H,31,34)(H,32,35,37)/b21-12+. The molecule has 0 saturated carbocycles.